The fourth-order valence-corrected chi connectivity index (χ4v) is 4.59. The van der Waals surface area contributed by atoms with E-state index >= 15 is 0 Å². The summed E-state index contributed by atoms with van der Waals surface area (Å²) >= 11 is 0. The number of rotatable bonds is 6. The number of carbonyl (C=O) groups is 1. The van der Waals surface area contributed by atoms with Gasteiger partial charge < -0.3 is 10.2 Å². The minimum Gasteiger partial charge on any atom is -0.355 e. The van der Waals surface area contributed by atoms with Gasteiger partial charge in [-0.15, -0.1) is 0 Å². The standard InChI is InChI=1S/C23H31N5O/c29-23(26-11-8-19-5-2-1-3-6-19)20-7-4-14-28(18-20)21-9-15-27(16-10-21)22-17-24-12-13-25-22/h1-3,5-6,12-13,17,20-21H,4,7-11,14-16,18H2,(H,26,29)/t20-/m1/s1. The van der Waals surface area contributed by atoms with E-state index in [4.69, 9.17) is 0 Å². The average Bonchev–Trinajstić information content (AvgIpc) is 2.80. The summed E-state index contributed by atoms with van der Waals surface area (Å²) in [4.78, 5) is 26.2. The Balaban J connectivity index is 1.22. The van der Waals surface area contributed by atoms with E-state index in [0.29, 0.717) is 6.04 Å². The molecule has 0 radical (unpaired) electrons. The maximum atomic E-state index is 12.7. The molecular formula is C23H31N5O. The van der Waals surface area contributed by atoms with E-state index in [1.807, 2.05) is 24.4 Å². The fourth-order valence-electron chi connectivity index (χ4n) is 4.59. The molecule has 0 bridgehead atoms. The number of nitrogens with one attached hydrogen (secondary N) is 1. The fraction of sp³-hybridized carbons (Fsp3) is 0.522. The van der Waals surface area contributed by atoms with Crippen LogP contribution in [0.1, 0.15) is 31.2 Å². The lowest BCUT2D eigenvalue weighted by Gasteiger charge is -2.42. The molecule has 0 unspecified atom stereocenters. The highest BCUT2D eigenvalue weighted by molar-refractivity contribution is 5.79. The molecule has 0 aliphatic carbocycles. The Kier molecular flexibility index (Phi) is 6.72. The third-order valence-electron chi connectivity index (χ3n) is 6.23. The normalized spacial score (nSPS) is 21.1. The number of anilines is 1. The van der Waals surface area contributed by atoms with Crippen LogP contribution in [0.3, 0.4) is 0 Å². The molecule has 2 aromatic rings. The van der Waals surface area contributed by atoms with Crippen molar-refractivity contribution < 1.29 is 4.79 Å². The summed E-state index contributed by atoms with van der Waals surface area (Å²) in [7, 11) is 0. The van der Waals surface area contributed by atoms with Crippen molar-refractivity contribution >= 4 is 11.7 Å². The van der Waals surface area contributed by atoms with Crippen LogP contribution in [0.2, 0.25) is 0 Å². The van der Waals surface area contributed by atoms with Crippen molar-refractivity contribution in [1.29, 1.82) is 0 Å². The Morgan fingerprint density at radius 3 is 2.66 bits per heavy atom. The minimum absolute atomic E-state index is 0.123. The number of aromatic nitrogens is 2. The lowest BCUT2D eigenvalue weighted by molar-refractivity contribution is -0.127. The molecule has 1 N–H and O–H groups in total. The van der Waals surface area contributed by atoms with Gasteiger partial charge in [0.25, 0.3) is 0 Å². The van der Waals surface area contributed by atoms with Crippen LogP contribution in [0.5, 0.6) is 0 Å². The highest BCUT2D eigenvalue weighted by atomic mass is 16.1. The monoisotopic (exact) mass is 393 g/mol. The summed E-state index contributed by atoms with van der Waals surface area (Å²) in [5, 5.41) is 3.16. The molecule has 154 valence electrons. The van der Waals surface area contributed by atoms with E-state index in [-0.39, 0.29) is 11.8 Å². The molecule has 0 spiro atoms. The SMILES string of the molecule is O=C(NCCc1ccccc1)[C@@H]1CCCN(C2CCN(c3cnccn3)CC2)C1. The van der Waals surface area contributed by atoms with E-state index in [2.05, 4.69) is 37.2 Å². The second-order valence-electron chi connectivity index (χ2n) is 8.14. The van der Waals surface area contributed by atoms with E-state index < -0.39 is 0 Å². The van der Waals surface area contributed by atoms with Gasteiger partial charge in [0.15, 0.2) is 0 Å². The lowest BCUT2D eigenvalue weighted by atomic mass is 9.93. The van der Waals surface area contributed by atoms with Crippen LogP contribution in [0.15, 0.2) is 48.9 Å². The van der Waals surface area contributed by atoms with Crippen LogP contribution in [0, 0.1) is 5.92 Å². The molecule has 1 atom stereocenters. The minimum atomic E-state index is 0.123. The maximum absolute atomic E-state index is 12.7. The zero-order valence-corrected chi connectivity index (χ0v) is 17.0. The Labute approximate surface area is 173 Å². The number of nitrogens with zero attached hydrogens (tertiary/aromatic N) is 4. The van der Waals surface area contributed by atoms with Crippen LogP contribution in [-0.2, 0) is 11.2 Å². The van der Waals surface area contributed by atoms with Crippen molar-refractivity contribution in [1.82, 2.24) is 20.2 Å². The molecule has 2 fully saturated rings. The molecule has 29 heavy (non-hydrogen) atoms. The number of hydrogen-bond acceptors (Lipinski definition) is 5. The first-order chi connectivity index (χ1) is 14.3. The van der Waals surface area contributed by atoms with E-state index in [9.17, 15) is 4.79 Å². The van der Waals surface area contributed by atoms with E-state index in [1.165, 1.54) is 5.56 Å². The van der Waals surface area contributed by atoms with Gasteiger partial charge in [-0.3, -0.25) is 14.7 Å². The molecule has 0 saturated carbocycles. The topological polar surface area (TPSA) is 61.4 Å². The number of piperidine rings is 2. The third-order valence-corrected chi connectivity index (χ3v) is 6.23. The van der Waals surface area contributed by atoms with Gasteiger partial charge >= 0.3 is 0 Å². The van der Waals surface area contributed by atoms with Gasteiger partial charge in [0.2, 0.25) is 5.91 Å². The molecule has 2 saturated heterocycles. The molecule has 1 aromatic heterocycles. The predicted molar refractivity (Wildman–Crippen MR) is 115 cm³/mol. The highest BCUT2D eigenvalue weighted by Gasteiger charge is 2.31. The van der Waals surface area contributed by atoms with Crippen molar-refractivity contribution in [3.8, 4) is 0 Å². The summed E-state index contributed by atoms with van der Waals surface area (Å²) in [5.74, 6) is 1.32. The van der Waals surface area contributed by atoms with Gasteiger partial charge in [-0.05, 0) is 44.2 Å². The molecule has 6 heteroatoms. The summed E-state index contributed by atoms with van der Waals surface area (Å²) in [5.41, 5.74) is 1.27. The number of carbonyl (C=O) groups excluding carboxylic acids is 1. The van der Waals surface area contributed by atoms with Crippen LogP contribution >= 0.6 is 0 Å². The van der Waals surface area contributed by atoms with Crippen LogP contribution in [-0.4, -0.2) is 59.5 Å². The zero-order chi connectivity index (χ0) is 19.9. The second-order valence-corrected chi connectivity index (χ2v) is 8.14. The molecule has 4 rings (SSSR count). The number of amides is 1. The first-order valence-electron chi connectivity index (χ1n) is 10.9. The number of hydrogen-bond donors (Lipinski definition) is 1. The van der Waals surface area contributed by atoms with Crippen LogP contribution in [0.25, 0.3) is 0 Å². The highest BCUT2D eigenvalue weighted by Crippen LogP contribution is 2.25. The maximum Gasteiger partial charge on any atom is 0.224 e. The van der Waals surface area contributed by atoms with Crippen molar-refractivity contribution in [2.24, 2.45) is 5.92 Å². The summed E-state index contributed by atoms with van der Waals surface area (Å²) in [6, 6.07) is 10.9. The molecule has 1 aromatic carbocycles. The van der Waals surface area contributed by atoms with Gasteiger partial charge in [0.1, 0.15) is 5.82 Å². The lowest BCUT2D eigenvalue weighted by Crippen LogP contribution is -2.51. The van der Waals surface area contributed by atoms with Crippen LogP contribution < -0.4 is 10.2 Å². The van der Waals surface area contributed by atoms with Gasteiger partial charge in [-0.1, -0.05) is 30.3 Å². The quantitative estimate of drug-likeness (QED) is 0.817. The van der Waals surface area contributed by atoms with Crippen LogP contribution in [0.4, 0.5) is 5.82 Å². The Morgan fingerprint density at radius 2 is 1.90 bits per heavy atom. The number of likely N-dealkylation sites (tertiary alicyclic amines) is 1. The summed E-state index contributed by atoms with van der Waals surface area (Å²) in [6.45, 7) is 4.74. The molecular weight excluding hydrogens is 362 g/mol. The van der Waals surface area contributed by atoms with Gasteiger partial charge in [-0.2, -0.15) is 0 Å². The Bertz CT molecular complexity index is 761. The first-order valence-corrected chi connectivity index (χ1v) is 10.9. The second kappa shape index (κ2) is 9.83. The van der Waals surface area contributed by atoms with E-state index in [0.717, 1.165) is 70.6 Å². The van der Waals surface area contributed by atoms with E-state index in [1.54, 1.807) is 12.4 Å². The molecule has 1 amide bonds. The van der Waals surface area contributed by atoms with Gasteiger partial charge in [0, 0.05) is 44.6 Å². The van der Waals surface area contributed by atoms with Crippen molar-refractivity contribution in [3.63, 3.8) is 0 Å². The average molecular weight is 394 g/mol. The molecule has 2 aliphatic rings. The predicted octanol–water partition coefficient (Wildman–Crippen LogP) is 2.52. The molecule has 2 aliphatic heterocycles. The molecule has 6 nitrogen and oxygen atoms in total. The summed E-state index contributed by atoms with van der Waals surface area (Å²) in [6.07, 6.45) is 10.6. The zero-order valence-electron chi connectivity index (χ0n) is 17.0. The summed E-state index contributed by atoms with van der Waals surface area (Å²) < 4.78 is 0. The van der Waals surface area contributed by atoms with Crippen molar-refractivity contribution in [2.45, 2.75) is 38.1 Å². The Morgan fingerprint density at radius 1 is 1.07 bits per heavy atom. The smallest absolute Gasteiger partial charge is 0.224 e. The van der Waals surface area contributed by atoms with Crippen molar-refractivity contribution in [2.75, 3.05) is 37.6 Å². The first kappa shape index (κ1) is 19.8. The van der Waals surface area contributed by atoms with Gasteiger partial charge in [-0.25, -0.2) is 4.98 Å². The largest absolute Gasteiger partial charge is 0.355 e. The Hall–Kier alpha value is -2.47. The number of benzene rings is 1. The molecule has 3 heterocycles. The van der Waals surface area contributed by atoms with Crippen molar-refractivity contribution in [3.05, 3.63) is 54.5 Å². The van der Waals surface area contributed by atoms with Gasteiger partial charge in [0.05, 0.1) is 12.1 Å². The third kappa shape index (κ3) is 5.32.